The van der Waals surface area contributed by atoms with Crippen LogP contribution in [0.1, 0.15) is 46.4 Å². The predicted molar refractivity (Wildman–Crippen MR) is 102 cm³/mol. The minimum atomic E-state index is -3.77. The molecule has 2 heterocycles. The maximum absolute atomic E-state index is 13.0. The molecule has 1 N–H and O–H groups in total. The molecule has 0 amide bonds. The second kappa shape index (κ2) is 6.10. The average molecular weight is 379 g/mol. The molecule has 0 spiro atoms. The Bertz CT molecular complexity index is 978. The lowest BCUT2D eigenvalue weighted by molar-refractivity contribution is 0.493. The van der Waals surface area contributed by atoms with Gasteiger partial charge in [-0.1, -0.05) is 44.2 Å². The number of para-hydroxylation sites is 1. The van der Waals surface area contributed by atoms with Crippen LogP contribution in [-0.2, 0) is 15.4 Å². The molecule has 6 nitrogen and oxygen atoms in total. The fourth-order valence-corrected chi connectivity index (χ4v) is 4.89. The fourth-order valence-electron chi connectivity index (χ4n) is 2.44. The van der Waals surface area contributed by atoms with E-state index in [1.807, 2.05) is 58.9 Å². The Labute approximate surface area is 152 Å². The van der Waals surface area contributed by atoms with Crippen LogP contribution in [0.15, 0.2) is 35.4 Å². The maximum Gasteiger partial charge on any atom is 0.267 e. The van der Waals surface area contributed by atoms with Crippen molar-refractivity contribution in [2.24, 2.45) is 0 Å². The van der Waals surface area contributed by atoms with Crippen molar-refractivity contribution in [3.8, 4) is 0 Å². The Hall–Kier alpha value is -1.93. The third kappa shape index (κ3) is 3.55. The lowest BCUT2D eigenvalue weighted by Gasteiger charge is -2.17. The van der Waals surface area contributed by atoms with Gasteiger partial charge in [-0.25, -0.2) is 13.4 Å². The van der Waals surface area contributed by atoms with Crippen LogP contribution in [0.2, 0.25) is 0 Å². The van der Waals surface area contributed by atoms with Gasteiger partial charge in [0.1, 0.15) is 4.90 Å². The molecule has 0 fully saturated rings. The van der Waals surface area contributed by atoms with Crippen molar-refractivity contribution in [1.82, 2.24) is 14.8 Å². The Kier molecular flexibility index (Phi) is 4.36. The standard InChI is InChI=1S/C17H22N4O2S2/c1-11(2)21-10-14(15(19-21)17(3,4)5)25(22,23)20-16-18-12-8-6-7-9-13(12)24-16/h6-11H,1-5H3,(H,18,20). The highest BCUT2D eigenvalue weighted by atomic mass is 32.2. The van der Waals surface area contributed by atoms with Crippen molar-refractivity contribution < 1.29 is 8.42 Å². The first-order valence-corrected chi connectivity index (χ1v) is 10.4. The van der Waals surface area contributed by atoms with E-state index in [0.717, 1.165) is 10.2 Å². The van der Waals surface area contributed by atoms with Crippen molar-refractivity contribution in [1.29, 1.82) is 0 Å². The van der Waals surface area contributed by atoms with Crippen LogP contribution < -0.4 is 4.72 Å². The molecule has 2 aromatic heterocycles. The Balaban J connectivity index is 2.04. The van der Waals surface area contributed by atoms with E-state index in [-0.39, 0.29) is 10.9 Å². The predicted octanol–water partition coefficient (Wildman–Crippen LogP) is 4.17. The van der Waals surface area contributed by atoms with Gasteiger partial charge >= 0.3 is 0 Å². The van der Waals surface area contributed by atoms with Gasteiger partial charge in [0.25, 0.3) is 10.0 Å². The van der Waals surface area contributed by atoms with E-state index >= 15 is 0 Å². The minimum absolute atomic E-state index is 0.0764. The van der Waals surface area contributed by atoms with Gasteiger partial charge in [0, 0.05) is 17.7 Å². The molecule has 0 bridgehead atoms. The van der Waals surface area contributed by atoms with Gasteiger partial charge in [0.2, 0.25) is 0 Å². The van der Waals surface area contributed by atoms with Crippen molar-refractivity contribution in [3.05, 3.63) is 36.2 Å². The number of aromatic nitrogens is 3. The summed E-state index contributed by atoms with van der Waals surface area (Å²) >= 11 is 1.32. The van der Waals surface area contributed by atoms with E-state index in [9.17, 15) is 8.42 Å². The summed E-state index contributed by atoms with van der Waals surface area (Å²) in [4.78, 5) is 4.56. The van der Waals surface area contributed by atoms with Crippen LogP contribution in [-0.4, -0.2) is 23.2 Å². The molecule has 0 radical (unpaired) electrons. The summed E-state index contributed by atoms with van der Waals surface area (Å²) in [5.41, 5.74) is 0.937. The second-order valence-corrected chi connectivity index (χ2v) is 9.94. The molecule has 1 aromatic carbocycles. The normalized spacial score (nSPS) is 12.9. The monoisotopic (exact) mass is 378 g/mol. The summed E-state index contributed by atoms with van der Waals surface area (Å²) in [6.07, 6.45) is 1.60. The molecule has 3 aromatic rings. The van der Waals surface area contributed by atoms with Crippen LogP contribution in [0.4, 0.5) is 5.13 Å². The molecular weight excluding hydrogens is 356 g/mol. The first-order valence-electron chi connectivity index (χ1n) is 8.06. The van der Waals surface area contributed by atoms with E-state index in [2.05, 4.69) is 14.8 Å². The van der Waals surface area contributed by atoms with Crippen molar-refractivity contribution in [2.45, 2.75) is 51.0 Å². The third-order valence-corrected chi connectivity index (χ3v) is 6.16. The molecule has 134 valence electrons. The Morgan fingerprint density at radius 1 is 1.20 bits per heavy atom. The molecule has 0 atom stereocenters. The van der Waals surface area contributed by atoms with Crippen LogP contribution in [0, 0.1) is 0 Å². The van der Waals surface area contributed by atoms with Crippen LogP contribution in [0.5, 0.6) is 0 Å². The highest BCUT2D eigenvalue weighted by molar-refractivity contribution is 7.93. The van der Waals surface area contributed by atoms with E-state index in [1.165, 1.54) is 11.3 Å². The number of benzene rings is 1. The first-order chi connectivity index (χ1) is 11.6. The largest absolute Gasteiger partial charge is 0.269 e. The lowest BCUT2D eigenvalue weighted by atomic mass is 9.92. The van der Waals surface area contributed by atoms with Gasteiger partial charge in [0.15, 0.2) is 5.13 Å². The van der Waals surface area contributed by atoms with Crippen LogP contribution in [0.3, 0.4) is 0 Å². The van der Waals surface area contributed by atoms with Gasteiger partial charge < -0.3 is 0 Å². The highest BCUT2D eigenvalue weighted by Gasteiger charge is 2.31. The van der Waals surface area contributed by atoms with Gasteiger partial charge in [-0.2, -0.15) is 5.10 Å². The van der Waals surface area contributed by atoms with Gasteiger partial charge in [-0.05, 0) is 26.0 Å². The van der Waals surface area contributed by atoms with E-state index in [1.54, 1.807) is 10.9 Å². The SMILES string of the molecule is CC(C)n1cc(S(=O)(=O)Nc2nc3ccccc3s2)c(C(C)(C)C)n1. The maximum atomic E-state index is 13.0. The zero-order valence-electron chi connectivity index (χ0n) is 14.9. The summed E-state index contributed by atoms with van der Waals surface area (Å²) in [6.45, 7) is 9.80. The number of rotatable bonds is 4. The van der Waals surface area contributed by atoms with E-state index in [0.29, 0.717) is 10.8 Å². The smallest absolute Gasteiger partial charge is 0.267 e. The summed E-state index contributed by atoms with van der Waals surface area (Å²) in [6, 6.07) is 7.64. The van der Waals surface area contributed by atoms with Crippen LogP contribution in [0.25, 0.3) is 10.2 Å². The molecule has 0 aliphatic heterocycles. The molecule has 0 unspecified atom stereocenters. The number of anilines is 1. The molecule has 25 heavy (non-hydrogen) atoms. The topological polar surface area (TPSA) is 76.9 Å². The first kappa shape index (κ1) is 17.9. The number of thiazole rings is 1. The Morgan fingerprint density at radius 3 is 2.48 bits per heavy atom. The molecule has 8 heteroatoms. The average Bonchev–Trinajstić information content (AvgIpc) is 3.10. The molecule has 0 aliphatic carbocycles. The number of sulfonamides is 1. The molecular formula is C17H22N4O2S2. The summed E-state index contributed by atoms with van der Waals surface area (Å²) in [5, 5.41) is 4.87. The van der Waals surface area contributed by atoms with Gasteiger partial charge in [-0.3, -0.25) is 9.40 Å². The van der Waals surface area contributed by atoms with E-state index < -0.39 is 15.4 Å². The third-order valence-electron chi connectivity index (χ3n) is 3.74. The zero-order valence-corrected chi connectivity index (χ0v) is 16.6. The molecule has 3 rings (SSSR count). The molecule has 0 saturated heterocycles. The fraction of sp³-hybridized carbons (Fsp3) is 0.412. The number of hydrogen-bond donors (Lipinski definition) is 1. The summed E-state index contributed by atoms with van der Waals surface area (Å²) in [7, 11) is -3.77. The Morgan fingerprint density at radius 2 is 1.88 bits per heavy atom. The second-order valence-electron chi connectivity index (χ2n) is 7.26. The summed E-state index contributed by atoms with van der Waals surface area (Å²) in [5.74, 6) is 0. The lowest BCUT2D eigenvalue weighted by Crippen LogP contribution is -2.20. The number of fused-ring (bicyclic) bond motifs is 1. The number of nitrogens with zero attached hydrogens (tertiary/aromatic N) is 3. The van der Waals surface area contributed by atoms with Crippen molar-refractivity contribution in [3.63, 3.8) is 0 Å². The van der Waals surface area contributed by atoms with Crippen molar-refractivity contribution >= 4 is 36.7 Å². The molecule has 0 aliphatic rings. The van der Waals surface area contributed by atoms with Crippen molar-refractivity contribution in [2.75, 3.05) is 4.72 Å². The highest BCUT2D eigenvalue weighted by Crippen LogP contribution is 2.32. The van der Waals surface area contributed by atoms with Gasteiger partial charge in [0.05, 0.1) is 15.9 Å². The molecule has 0 saturated carbocycles. The summed E-state index contributed by atoms with van der Waals surface area (Å²) < 4.78 is 31.2. The number of hydrogen-bond acceptors (Lipinski definition) is 5. The minimum Gasteiger partial charge on any atom is -0.269 e. The van der Waals surface area contributed by atoms with Gasteiger partial charge in [-0.15, -0.1) is 0 Å². The number of nitrogens with one attached hydrogen (secondary N) is 1. The zero-order chi connectivity index (χ0) is 18.4. The quantitative estimate of drug-likeness (QED) is 0.739. The van der Waals surface area contributed by atoms with E-state index in [4.69, 9.17) is 0 Å². The van der Waals surface area contributed by atoms with Crippen LogP contribution >= 0.6 is 11.3 Å².